The fourth-order valence-electron chi connectivity index (χ4n) is 10.6. The number of nitrogens with zero attached hydrogens (tertiary/aromatic N) is 2. The van der Waals surface area contributed by atoms with Gasteiger partial charge >= 0.3 is 89.3 Å². The molecule has 2 saturated heterocycles. The summed E-state index contributed by atoms with van der Waals surface area (Å²) >= 11 is 0. The van der Waals surface area contributed by atoms with E-state index in [-0.39, 0.29) is 101 Å². The molecule has 4 aliphatic heterocycles. The minimum Gasteiger partial charge on any atom is -0.441 e. The van der Waals surface area contributed by atoms with Crippen LogP contribution in [-0.2, 0) is 86.1 Å². The van der Waals surface area contributed by atoms with Crippen molar-refractivity contribution < 1.29 is 175 Å². The van der Waals surface area contributed by atoms with Crippen LogP contribution in [0.4, 0.5) is 10.5 Å². The van der Waals surface area contributed by atoms with Crippen molar-refractivity contribution in [2.24, 2.45) is 5.73 Å². The van der Waals surface area contributed by atoms with Gasteiger partial charge in [-0.1, -0.05) is 76.3 Å². The fraction of sp³-hybridized carbons (Fsp3) is 0.618. The monoisotopic (exact) mass is 1380 g/mol. The molecule has 4 heterocycles. The molecule has 11 atom stereocenters. The minimum absolute atomic E-state index is 0. The molecule has 0 spiro atoms. The maximum absolute atomic E-state index is 12.8. The number of amides is 2. The molecule has 6 rings (SSSR count). The van der Waals surface area contributed by atoms with E-state index in [4.69, 9.17) is 72.0 Å². The zero-order valence-corrected chi connectivity index (χ0v) is 57.0. The molecule has 30 nitrogen and oxygen atoms in total. The third kappa shape index (κ3) is 24.6. The first kappa shape index (κ1) is 81.9. The van der Waals surface area contributed by atoms with Gasteiger partial charge in [0, 0.05) is 55.2 Å². The Bertz CT molecular complexity index is 3180. The standard InChI is InChI=1S/C55H80N4O17S.K.3O3S/c1-6-8-25-55(5)37-19-16-15-18-36(37)39(59(55)28-9-7-2)20-12-10-13-21-43-54(3,4)38-32-35(77(68,69)70)23-24-40(38)58(43)27-17-11-14-22-44(62)57-26-29-71-30-31-72-52-50(47(65)45(63)41(33-60)74-52)75-51-48(66)49(76-53(56)67)46(64)42(34-61)73-51;;3*1-4(2)3/h10,12-13,15,18-21,23-24,32,41-42,45-52,60-61,63-66H,6-9,11,14,17,22,25-31,33-34H2,1-5H3,(H2,56,67)(H,57,62)(H,68,69,70);;;;/q;+1;;;/t41-,42+,45+,46+,47-,48-,49+,50-,51+,52-,55?;;;;/m0..../s1. The molecule has 90 heavy (non-hydrogen) atoms. The summed E-state index contributed by atoms with van der Waals surface area (Å²) in [4.78, 5) is 26.3. The molecular weight excluding hydrogens is 1300 g/mol. The molecule has 2 aromatic rings. The van der Waals surface area contributed by atoms with Crippen LogP contribution in [0.3, 0.4) is 0 Å². The Balaban J connectivity index is 0.00000195. The number of rotatable bonds is 28. The third-order valence-electron chi connectivity index (χ3n) is 14.8. The molecule has 2 amide bonds. The number of aliphatic hydroxyl groups excluding tert-OH is 6. The number of anilines is 1. The Labute approximate surface area is 569 Å². The number of fused-ring (bicyclic) bond motifs is 2. The number of carbonyl (C=O) groups excluding carboxylic acids is 2. The first-order valence-electron chi connectivity index (χ1n) is 28.2. The molecule has 35 heteroatoms. The number of nitrogens with two attached hydrogens (primary N) is 1. The van der Waals surface area contributed by atoms with Crippen LogP contribution < -0.4 is 67.3 Å². The van der Waals surface area contributed by atoms with Crippen molar-refractivity contribution in [3.8, 4) is 0 Å². The first-order chi connectivity index (χ1) is 41.9. The maximum Gasteiger partial charge on any atom is 1.00 e. The van der Waals surface area contributed by atoms with Crippen LogP contribution in [0, 0.1) is 6.07 Å². The van der Waals surface area contributed by atoms with E-state index in [9.17, 15) is 53.2 Å². The second kappa shape index (κ2) is 40.2. The molecule has 4 aliphatic rings. The molecule has 0 bridgehead atoms. The zero-order chi connectivity index (χ0) is 66.8. The van der Waals surface area contributed by atoms with Gasteiger partial charge < -0.3 is 75.0 Å². The topological polar surface area (TPSA) is 463 Å². The van der Waals surface area contributed by atoms with Gasteiger partial charge in [0.05, 0.1) is 37.9 Å². The van der Waals surface area contributed by atoms with Crippen molar-refractivity contribution in [3.63, 3.8) is 0 Å². The average Bonchev–Trinajstić information content (AvgIpc) is 1.58. The van der Waals surface area contributed by atoms with Gasteiger partial charge in [0.1, 0.15) is 54.8 Å². The van der Waals surface area contributed by atoms with E-state index >= 15 is 0 Å². The Kier molecular flexibility index (Phi) is 36.6. The van der Waals surface area contributed by atoms with Crippen LogP contribution in [0.15, 0.2) is 77.4 Å². The van der Waals surface area contributed by atoms with Gasteiger partial charge in [0.15, 0.2) is 24.4 Å². The number of ether oxygens (including phenoxy) is 6. The molecule has 0 saturated carbocycles. The van der Waals surface area contributed by atoms with Crippen LogP contribution in [-0.4, -0.2) is 218 Å². The molecular formula is C55H80KN4O26S4+. The van der Waals surface area contributed by atoms with Crippen LogP contribution in [0.5, 0.6) is 0 Å². The van der Waals surface area contributed by atoms with E-state index in [1.54, 1.807) is 12.1 Å². The van der Waals surface area contributed by atoms with Gasteiger partial charge in [-0.3, -0.25) is 9.35 Å². The Hall–Kier alpha value is -4.16. The molecule has 1 unspecified atom stereocenters. The second-order valence-corrected chi connectivity index (χ2v) is 23.8. The Morgan fingerprint density at radius 2 is 1.40 bits per heavy atom. The summed E-state index contributed by atoms with van der Waals surface area (Å²) in [5, 5.41) is 65.0. The summed E-state index contributed by atoms with van der Waals surface area (Å²) in [6, 6.07) is 14.3. The molecule has 0 radical (unpaired) electrons. The molecule has 500 valence electrons. The summed E-state index contributed by atoms with van der Waals surface area (Å²) in [7, 11) is -13.8. The molecule has 2 fully saturated rings. The number of unbranched alkanes of at least 4 members (excludes halogenated alkanes) is 4. The number of benzene rings is 2. The molecule has 0 aliphatic carbocycles. The number of nitrogens with one attached hydrogen (secondary N) is 1. The van der Waals surface area contributed by atoms with Crippen molar-refractivity contribution in [1.29, 1.82) is 0 Å². The van der Waals surface area contributed by atoms with Crippen LogP contribution in [0.1, 0.15) is 109 Å². The van der Waals surface area contributed by atoms with Gasteiger partial charge in [-0.2, -0.15) is 32.7 Å². The van der Waals surface area contributed by atoms with Crippen LogP contribution in [0.25, 0.3) is 0 Å². The number of aliphatic hydroxyl groups is 6. The SMILES string of the molecule is CCCC[N+]1=C(/C=C/C=C/C=C2\N(CCCCCC(=O)NCCOCCO[C@H]3O[C@@H](CO)[C@@H](O)[C@H](O)[C@@H]3O[C@H]3O[C@H](CO)[C@@H](O)[C@@H](OC(N)=O)[C@@H]3O)c3ccc(S(=O)(=O)O)cc3C2(C)C)c2cc[c-]cc2C1(C)CCCC.O=S(=O)=O.O=S(=O)=O.O=S(=O)=O.[K+]. The van der Waals surface area contributed by atoms with Crippen molar-refractivity contribution in [2.75, 3.05) is 57.6 Å². The van der Waals surface area contributed by atoms with E-state index in [1.807, 2.05) is 32.1 Å². The number of hydrogen-bond acceptors (Lipinski definition) is 26. The normalized spacial score (nSPS) is 25.3. The summed E-state index contributed by atoms with van der Waals surface area (Å²) < 4.78 is 146. The summed E-state index contributed by atoms with van der Waals surface area (Å²) in [6.45, 7) is 11.0. The molecule has 0 aromatic heterocycles. The van der Waals surface area contributed by atoms with Crippen molar-refractivity contribution in [2.45, 2.75) is 170 Å². The van der Waals surface area contributed by atoms with Crippen molar-refractivity contribution in [1.82, 2.24) is 5.32 Å². The predicted octanol–water partition coefficient (Wildman–Crippen LogP) is -3.02. The van der Waals surface area contributed by atoms with Crippen LogP contribution >= 0.6 is 0 Å². The van der Waals surface area contributed by atoms with Gasteiger partial charge in [-0.25, -0.2) is 9.37 Å². The van der Waals surface area contributed by atoms with E-state index in [0.717, 1.165) is 68.4 Å². The second-order valence-electron chi connectivity index (χ2n) is 21.1. The fourth-order valence-corrected chi connectivity index (χ4v) is 11.1. The van der Waals surface area contributed by atoms with Gasteiger partial charge in [-0.15, -0.1) is 37.9 Å². The number of allylic oxidation sites excluding steroid dienone is 6. The maximum atomic E-state index is 12.8. The number of hydrogen-bond donors (Lipinski definition) is 9. The minimum atomic E-state index is -4.44. The number of primary amides is 1. The Morgan fingerprint density at radius 3 is 2.00 bits per heavy atom. The summed E-state index contributed by atoms with van der Waals surface area (Å²) in [5.41, 5.74) is 10.7. The van der Waals surface area contributed by atoms with Crippen molar-refractivity contribution >= 4 is 65.3 Å². The van der Waals surface area contributed by atoms with Gasteiger partial charge in [-0.05, 0) is 56.0 Å². The molecule has 2 aromatic carbocycles. The van der Waals surface area contributed by atoms with E-state index in [1.165, 1.54) is 22.9 Å². The molecule has 10 N–H and O–H groups in total. The largest absolute Gasteiger partial charge is 1.00 e. The van der Waals surface area contributed by atoms with E-state index in [2.05, 4.69) is 72.0 Å². The van der Waals surface area contributed by atoms with Gasteiger partial charge in [0.25, 0.3) is 10.1 Å². The average molecular weight is 1380 g/mol. The Morgan fingerprint density at radius 1 is 0.778 bits per heavy atom. The van der Waals surface area contributed by atoms with Crippen LogP contribution in [0.2, 0.25) is 0 Å². The summed E-state index contributed by atoms with van der Waals surface area (Å²) in [5.74, 6) is -0.171. The summed E-state index contributed by atoms with van der Waals surface area (Å²) in [6.07, 6.45) is 0.612. The quantitative estimate of drug-likeness (QED) is 0.0102. The van der Waals surface area contributed by atoms with E-state index in [0.29, 0.717) is 13.0 Å². The third-order valence-corrected chi connectivity index (χ3v) is 15.7. The van der Waals surface area contributed by atoms with Crippen molar-refractivity contribution in [3.05, 3.63) is 95.2 Å². The number of carbonyl (C=O) groups is 2. The predicted molar refractivity (Wildman–Crippen MR) is 311 cm³/mol. The first-order valence-corrected chi connectivity index (χ1v) is 32.6. The van der Waals surface area contributed by atoms with E-state index < -0.39 is 128 Å². The zero-order valence-electron chi connectivity index (χ0n) is 50.6. The van der Waals surface area contributed by atoms with Gasteiger partial charge in [0.2, 0.25) is 5.91 Å². The smallest absolute Gasteiger partial charge is 0.441 e.